The third-order valence-corrected chi connectivity index (χ3v) is 4.24. The molecule has 3 N–H and O–H groups in total. The highest BCUT2D eigenvalue weighted by Crippen LogP contribution is 2.28. The number of nitrogens with one attached hydrogen (secondary N) is 1. The van der Waals surface area contributed by atoms with Gasteiger partial charge in [-0.1, -0.05) is 46.0 Å². The van der Waals surface area contributed by atoms with E-state index in [9.17, 15) is 0 Å². The minimum absolute atomic E-state index is 0.152. The van der Waals surface area contributed by atoms with Gasteiger partial charge in [-0.05, 0) is 38.3 Å². The minimum Gasteiger partial charge on any atom is -0.325 e. The van der Waals surface area contributed by atoms with Gasteiger partial charge in [0.1, 0.15) is 0 Å². The fourth-order valence-corrected chi connectivity index (χ4v) is 2.73. The van der Waals surface area contributed by atoms with Crippen molar-refractivity contribution in [2.75, 3.05) is 13.1 Å². The second-order valence-electron chi connectivity index (χ2n) is 5.56. The van der Waals surface area contributed by atoms with Crippen LogP contribution >= 0.6 is 0 Å². The zero-order chi connectivity index (χ0) is 11.9. The minimum atomic E-state index is 0.152. The first-order valence-corrected chi connectivity index (χ1v) is 7.20. The Balaban J connectivity index is 2.09. The Morgan fingerprint density at radius 2 is 1.75 bits per heavy atom. The highest BCUT2D eigenvalue weighted by molar-refractivity contribution is 4.87. The van der Waals surface area contributed by atoms with Gasteiger partial charge in [-0.2, -0.15) is 0 Å². The maximum Gasteiger partial charge on any atom is 0.0166 e. The van der Waals surface area contributed by atoms with Crippen LogP contribution in [0.15, 0.2) is 0 Å². The van der Waals surface area contributed by atoms with Crippen LogP contribution in [0.2, 0.25) is 0 Å². The lowest BCUT2D eigenvalue weighted by Gasteiger charge is -2.33. The van der Waals surface area contributed by atoms with E-state index in [-0.39, 0.29) is 5.54 Å². The first-order valence-electron chi connectivity index (χ1n) is 7.20. The maximum absolute atomic E-state index is 6.40. The summed E-state index contributed by atoms with van der Waals surface area (Å²) in [5.41, 5.74) is 6.55. The lowest BCUT2D eigenvalue weighted by Crippen LogP contribution is -2.44. The first kappa shape index (κ1) is 14.0. The molecule has 2 nitrogen and oxygen atoms in total. The third-order valence-electron chi connectivity index (χ3n) is 4.24. The van der Waals surface area contributed by atoms with Crippen molar-refractivity contribution in [3.63, 3.8) is 0 Å². The monoisotopic (exact) mass is 226 g/mol. The molecule has 0 amide bonds. The van der Waals surface area contributed by atoms with Crippen molar-refractivity contribution in [2.45, 2.75) is 70.8 Å². The quantitative estimate of drug-likeness (QED) is 0.655. The van der Waals surface area contributed by atoms with Crippen molar-refractivity contribution in [3.05, 3.63) is 0 Å². The molecular weight excluding hydrogens is 196 g/mol. The highest BCUT2D eigenvalue weighted by Gasteiger charge is 2.26. The summed E-state index contributed by atoms with van der Waals surface area (Å²) < 4.78 is 0. The number of hydrogen-bond acceptors (Lipinski definition) is 2. The van der Waals surface area contributed by atoms with Gasteiger partial charge in [-0.15, -0.1) is 0 Å². The molecule has 0 bridgehead atoms. The molecule has 16 heavy (non-hydrogen) atoms. The van der Waals surface area contributed by atoms with Crippen LogP contribution in [0.5, 0.6) is 0 Å². The molecule has 0 aromatic heterocycles. The average Bonchev–Trinajstić information content (AvgIpc) is 2.30. The predicted molar refractivity (Wildman–Crippen MR) is 71.6 cm³/mol. The summed E-state index contributed by atoms with van der Waals surface area (Å²) in [6.45, 7) is 6.83. The van der Waals surface area contributed by atoms with Crippen molar-refractivity contribution in [2.24, 2.45) is 11.7 Å². The van der Waals surface area contributed by atoms with E-state index in [0.717, 1.165) is 18.9 Å². The standard InChI is InChI=1S/C14H30N2/c1-3-13(4-2)12-16-11-10-14(15)8-6-5-7-9-14/h13,16H,3-12,15H2,1-2H3. The van der Waals surface area contributed by atoms with Gasteiger partial charge in [-0.3, -0.25) is 0 Å². The molecule has 0 aliphatic heterocycles. The summed E-state index contributed by atoms with van der Waals surface area (Å²) >= 11 is 0. The predicted octanol–water partition coefficient (Wildman–Crippen LogP) is 3.06. The molecule has 0 heterocycles. The summed E-state index contributed by atoms with van der Waals surface area (Å²) in [7, 11) is 0. The molecule has 1 fully saturated rings. The van der Waals surface area contributed by atoms with Crippen LogP contribution in [0.1, 0.15) is 65.2 Å². The maximum atomic E-state index is 6.40. The molecular formula is C14H30N2. The van der Waals surface area contributed by atoms with E-state index in [0.29, 0.717) is 0 Å². The molecule has 1 aliphatic carbocycles. The Labute approximate surface area is 101 Å². The summed E-state index contributed by atoms with van der Waals surface area (Å²) in [6, 6.07) is 0. The van der Waals surface area contributed by atoms with Gasteiger partial charge < -0.3 is 11.1 Å². The van der Waals surface area contributed by atoms with Crippen molar-refractivity contribution in [1.82, 2.24) is 5.32 Å². The zero-order valence-corrected chi connectivity index (χ0v) is 11.2. The Morgan fingerprint density at radius 3 is 2.31 bits per heavy atom. The fourth-order valence-electron chi connectivity index (χ4n) is 2.73. The molecule has 2 heteroatoms. The Bertz CT molecular complexity index is 170. The van der Waals surface area contributed by atoms with Gasteiger partial charge >= 0.3 is 0 Å². The van der Waals surface area contributed by atoms with Crippen LogP contribution in [-0.4, -0.2) is 18.6 Å². The molecule has 96 valence electrons. The van der Waals surface area contributed by atoms with Gasteiger partial charge in [-0.25, -0.2) is 0 Å². The molecule has 1 aliphatic rings. The second kappa shape index (κ2) is 7.29. The molecule has 1 saturated carbocycles. The second-order valence-corrected chi connectivity index (χ2v) is 5.56. The average molecular weight is 226 g/mol. The lowest BCUT2D eigenvalue weighted by atomic mass is 9.80. The highest BCUT2D eigenvalue weighted by atomic mass is 14.9. The molecule has 0 spiro atoms. The van der Waals surface area contributed by atoms with Gasteiger partial charge in [0, 0.05) is 5.54 Å². The first-order chi connectivity index (χ1) is 7.70. The van der Waals surface area contributed by atoms with E-state index in [1.54, 1.807) is 0 Å². The van der Waals surface area contributed by atoms with E-state index in [1.165, 1.54) is 51.5 Å². The Hall–Kier alpha value is -0.0800. The van der Waals surface area contributed by atoms with Crippen LogP contribution in [0.3, 0.4) is 0 Å². The summed E-state index contributed by atoms with van der Waals surface area (Å²) in [4.78, 5) is 0. The topological polar surface area (TPSA) is 38.0 Å². The Morgan fingerprint density at radius 1 is 1.12 bits per heavy atom. The van der Waals surface area contributed by atoms with Crippen LogP contribution in [0, 0.1) is 5.92 Å². The number of rotatable bonds is 7. The van der Waals surface area contributed by atoms with E-state index in [4.69, 9.17) is 5.73 Å². The van der Waals surface area contributed by atoms with E-state index < -0.39 is 0 Å². The Kier molecular flexibility index (Phi) is 6.37. The summed E-state index contributed by atoms with van der Waals surface area (Å²) in [5.74, 6) is 0.847. The fraction of sp³-hybridized carbons (Fsp3) is 1.00. The van der Waals surface area contributed by atoms with Crippen LogP contribution in [-0.2, 0) is 0 Å². The normalized spacial score (nSPS) is 20.2. The molecule has 0 radical (unpaired) electrons. The van der Waals surface area contributed by atoms with Gasteiger partial charge in [0.15, 0.2) is 0 Å². The summed E-state index contributed by atoms with van der Waals surface area (Å²) in [6.07, 6.45) is 10.3. The largest absolute Gasteiger partial charge is 0.325 e. The molecule has 0 aromatic carbocycles. The number of nitrogens with two attached hydrogens (primary N) is 1. The molecule has 1 rings (SSSR count). The van der Waals surface area contributed by atoms with Crippen molar-refractivity contribution < 1.29 is 0 Å². The van der Waals surface area contributed by atoms with Gasteiger partial charge in [0.05, 0.1) is 0 Å². The molecule has 0 unspecified atom stereocenters. The van der Waals surface area contributed by atoms with E-state index in [1.807, 2.05) is 0 Å². The zero-order valence-electron chi connectivity index (χ0n) is 11.2. The van der Waals surface area contributed by atoms with Gasteiger partial charge in [0.25, 0.3) is 0 Å². The van der Waals surface area contributed by atoms with E-state index >= 15 is 0 Å². The van der Waals surface area contributed by atoms with Crippen molar-refractivity contribution in [1.29, 1.82) is 0 Å². The van der Waals surface area contributed by atoms with Crippen molar-refractivity contribution in [3.8, 4) is 0 Å². The smallest absolute Gasteiger partial charge is 0.0166 e. The lowest BCUT2D eigenvalue weighted by molar-refractivity contribution is 0.272. The number of hydrogen-bond donors (Lipinski definition) is 2. The van der Waals surface area contributed by atoms with Crippen LogP contribution in [0.4, 0.5) is 0 Å². The van der Waals surface area contributed by atoms with Crippen LogP contribution < -0.4 is 11.1 Å². The molecule has 0 saturated heterocycles. The van der Waals surface area contributed by atoms with Crippen molar-refractivity contribution >= 4 is 0 Å². The van der Waals surface area contributed by atoms with Gasteiger partial charge in [0.2, 0.25) is 0 Å². The van der Waals surface area contributed by atoms with Crippen LogP contribution in [0.25, 0.3) is 0 Å². The molecule has 0 aromatic rings. The third kappa shape index (κ3) is 4.84. The van der Waals surface area contributed by atoms with E-state index in [2.05, 4.69) is 19.2 Å². The molecule has 0 atom stereocenters. The SMILES string of the molecule is CCC(CC)CNCCC1(N)CCCCC1. The summed E-state index contributed by atoms with van der Waals surface area (Å²) in [5, 5.41) is 3.58.